The van der Waals surface area contributed by atoms with Gasteiger partial charge in [-0.05, 0) is 31.4 Å². The highest BCUT2D eigenvalue weighted by molar-refractivity contribution is 6.32. The SMILES string of the molecule is CC(C)C[C@@H](NC(=O)C(C)Oc1ccccc1Cl)C(=O)O. The summed E-state index contributed by atoms with van der Waals surface area (Å²) < 4.78 is 5.46. The Kier molecular flexibility index (Phi) is 6.49. The van der Waals surface area contributed by atoms with Crippen molar-refractivity contribution in [1.29, 1.82) is 0 Å². The van der Waals surface area contributed by atoms with Gasteiger partial charge >= 0.3 is 5.97 Å². The zero-order chi connectivity index (χ0) is 16.0. The topological polar surface area (TPSA) is 75.6 Å². The predicted octanol–water partition coefficient (Wildman–Crippen LogP) is 2.72. The number of carbonyl (C=O) groups is 2. The normalized spacial score (nSPS) is 13.6. The Morgan fingerprint density at radius 2 is 1.90 bits per heavy atom. The molecule has 0 aromatic heterocycles. The number of aliphatic carboxylic acids is 1. The molecular formula is C15H20ClNO4. The first kappa shape index (κ1) is 17.3. The lowest BCUT2D eigenvalue weighted by molar-refractivity contribution is -0.143. The van der Waals surface area contributed by atoms with Crippen molar-refractivity contribution in [2.75, 3.05) is 0 Å². The molecule has 0 bridgehead atoms. The minimum absolute atomic E-state index is 0.159. The van der Waals surface area contributed by atoms with Crippen LogP contribution in [-0.4, -0.2) is 29.1 Å². The molecule has 1 unspecified atom stereocenters. The lowest BCUT2D eigenvalue weighted by Gasteiger charge is -2.20. The standard InChI is InChI=1S/C15H20ClNO4/c1-9(2)8-12(15(19)20)17-14(18)10(3)21-13-7-5-4-6-11(13)16/h4-7,9-10,12H,8H2,1-3H3,(H,17,18)(H,19,20)/t10?,12-/m1/s1. The third-order valence-electron chi connectivity index (χ3n) is 2.83. The van der Waals surface area contributed by atoms with Gasteiger partial charge < -0.3 is 15.2 Å². The van der Waals surface area contributed by atoms with Gasteiger partial charge in [0, 0.05) is 0 Å². The lowest BCUT2D eigenvalue weighted by Crippen LogP contribution is -2.46. The zero-order valence-corrected chi connectivity index (χ0v) is 13.1. The van der Waals surface area contributed by atoms with Gasteiger partial charge in [0.25, 0.3) is 5.91 Å². The van der Waals surface area contributed by atoms with Gasteiger partial charge in [-0.15, -0.1) is 0 Å². The maximum absolute atomic E-state index is 12.0. The molecular weight excluding hydrogens is 294 g/mol. The molecule has 0 fully saturated rings. The Bertz CT molecular complexity index is 504. The summed E-state index contributed by atoms with van der Waals surface area (Å²) in [6, 6.07) is 5.87. The van der Waals surface area contributed by atoms with Crippen molar-refractivity contribution in [3.05, 3.63) is 29.3 Å². The Morgan fingerprint density at radius 1 is 1.29 bits per heavy atom. The molecule has 0 saturated carbocycles. The Morgan fingerprint density at radius 3 is 2.43 bits per heavy atom. The van der Waals surface area contributed by atoms with Crippen molar-refractivity contribution in [3.63, 3.8) is 0 Å². The van der Waals surface area contributed by atoms with E-state index in [2.05, 4.69) is 5.32 Å². The number of rotatable bonds is 7. The molecule has 0 saturated heterocycles. The monoisotopic (exact) mass is 313 g/mol. The van der Waals surface area contributed by atoms with Gasteiger partial charge in [-0.1, -0.05) is 37.6 Å². The Balaban J connectivity index is 2.65. The number of ether oxygens (including phenoxy) is 1. The summed E-state index contributed by atoms with van der Waals surface area (Å²) in [7, 11) is 0. The van der Waals surface area contributed by atoms with Crippen LogP contribution in [0, 0.1) is 5.92 Å². The van der Waals surface area contributed by atoms with Gasteiger partial charge in [-0.3, -0.25) is 4.79 Å². The number of benzene rings is 1. The van der Waals surface area contributed by atoms with Crippen LogP contribution in [0.5, 0.6) is 5.75 Å². The molecule has 1 aromatic carbocycles. The quantitative estimate of drug-likeness (QED) is 0.811. The van der Waals surface area contributed by atoms with Crippen LogP contribution in [-0.2, 0) is 9.59 Å². The van der Waals surface area contributed by atoms with E-state index in [1.807, 2.05) is 13.8 Å². The molecule has 116 valence electrons. The lowest BCUT2D eigenvalue weighted by atomic mass is 10.0. The first-order chi connectivity index (χ1) is 9.81. The third-order valence-corrected chi connectivity index (χ3v) is 3.14. The predicted molar refractivity (Wildman–Crippen MR) is 80.6 cm³/mol. The van der Waals surface area contributed by atoms with Crippen LogP contribution in [0.2, 0.25) is 5.02 Å². The number of para-hydroxylation sites is 1. The van der Waals surface area contributed by atoms with Crippen molar-refractivity contribution in [2.24, 2.45) is 5.92 Å². The number of carbonyl (C=O) groups excluding carboxylic acids is 1. The summed E-state index contributed by atoms with van der Waals surface area (Å²) in [5.41, 5.74) is 0. The molecule has 2 atom stereocenters. The number of amides is 1. The van der Waals surface area contributed by atoms with Gasteiger partial charge in [0.15, 0.2) is 6.10 Å². The largest absolute Gasteiger partial charge is 0.480 e. The number of nitrogens with one attached hydrogen (secondary N) is 1. The van der Waals surface area contributed by atoms with Crippen LogP contribution >= 0.6 is 11.6 Å². The van der Waals surface area contributed by atoms with Crippen LogP contribution in [0.1, 0.15) is 27.2 Å². The highest BCUT2D eigenvalue weighted by Crippen LogP contribution is 2.24. The minimum atomic E-state index is -1.05. The van der Waals surface area contributed by atoms with Crippen LogP contribution in [0.3, 0.4) is 0 Å². The number of hydrogen-bond acceptors (Lipinski definition) is 3. The number of carboxylic acids is 1. The van der Waals surface area contributed by atoms with Crippen molar-refractivity contribution in [3.8, 4) is 5.75 Å². The van der Waals surface area contributed by atoms with E-state index in [0.29, 0.717) is 17.2 Å². The molecule has 0 aliphatic heterocycles. The second-order valence-electron chi connectivity index (χ2n) is 5.22. The molecule has 1 aromatic rings. The molecule has 0 aliphatic rings. The Labute approximate surface area is 129 Å². The summed E-state index contributed by atoms with van der Waals surface area (Å²) in [5.74, 6) is -0.992. The van der Waals surface area contributed by atoms with E-state index in [0.717, 1.165) is 0 Å². The first-order valence-corrected chi connectivity index (χ1v) is 7.13. The maximum atomic E-state index is 12.0. The number of carboxylic acid groups (broad SMARTS) is 1. The molecule has 2 N–H and O–H groups in total. The average molecular weight is 314 g/mol. The number of hydrogen-bond donors (Lipinski definition) is 2. The van der Waals surface area contributed by atoms with E-state index < -0.39 is 24.0 Å². The van der Waals surface area contributed by atoms with Gasteiger partial charge in [0.05, 0.1) is 5.02 Å². The molecule has 0 heterocycles. The van der Waals surface area contributed by atoms with Gasteiger partial charge in [0.1, 0.15) is 11.8 Å². The highest BCUT2D eigenvalue weighted by Gasteiger charge is 2.24. The van der Waals surface area contributed by atoms with Crippen molar-refractivity contribution in [1.82, 2.24) is 5.32 Å². The summed E-state index contributed by atoms with van der Waals surface area (Å²) >= 11 is 5.95. The fraction of sp³-hybridized carbons (Fsp3) is 0.467. The van der Waals surface area contributed by atoms with Crippen LogP contribution in [0.4, 0.5) is 0 Å². The second kappa shape index (κ2) is 7.88. The fourth-order valence-electron chi connectivity index (χ4n) is 1.77. The van der Waals surface area contributed by atoms with Crippen LogP contribution in [0.25, 0.3) is 0 Å². The molecule has 1 rings (SSSR count). The van der Waals surface area contributed by atoms with Crippen molar-refractivity contribution < 1.29 is 19.4 Å². The Hall–Kier alpha value is -1.75. The first-order valence-electron chi connectivity index (χ1n) is 6.75. The van der Waals surface area contributed by atoms with Crippen molar-refractivity contribution >= 4 is 23.5 Å². The van der Waals surface area contributed by atoms with E-state index in [1.54, 1.807) is 31.2 Å². The van der Waals surface area contributed by atoms with E-state index in [4.69, 9.17) is 21.4 Å². The van der Waals surface area contributed by atoms with Crippen LogP contribution < -0.4 is 10.1 Å². The minimum Gasteiger partial charge on any atom is -0.480 e. The summed E-state index contributed by atoms with van der Waals surface area (Å²) in [6.45, 7) is 5.34. The van der Waals surface area contributed by atoms with Gasteiger partial charge in [-0.2, -0.15) is 0 Å². The summed E-state index contributed by atoms with van der Waals surface area (Å²) in [4.78, 5) is 23.1. The molecule has 5 nitrogen and oxygen atoms in total. The van der Waals surface area contributed by atoms with Gasteiger partial charge in [0.2, 0.25) is 0 Å². The van der Waals surface area contributed by atoms with Gasteiger partial charge in [-0.25, -0.2) is 4.79 Å². The third kappa shape index (κ3) is 5.63. The van der Waals surface area contributed by atoms with E-state index in [-0.39, 0.29) is 5.92 Å². The van der Waals surface area contributed by atoms with E-state index >= 15 is 0 Å². The zero-order valence-electron chi connectivity index (χ0n) is 12.3. The summed E-state index contributed by atoms with van der Waals surface area (Å²) in [5, 5.41) is 12.0. The molecule has 21 heavy (non-hydrogen) atoms. The van der Waals surface area contributed by atoms with E-state index in [1.165, 1.54) is 0 Å². The molecule has 1 amide bonds. The number of halogens is 1. The molecule has 6 heteroatoms. The maximum Gasteiger partial charge on any atom is 0.326 e. The van der Waals surface area contributed by atoms with Crippen LogP contribution in [0.15, 0.2) is 24.3 Å². The van der Waals surface area contributed by atoms with Crippen molar-refractivity contribution in [2.45, 2.75) is 39.3 Å². The molecule has 0 aliphatic carbocycles. The fourth-order valence-corrected chi connectivity index (χ4v) is 1.95. The highest BCUT2D eigenvalue weighted by atomic mass is 35.5. The second-order valence-corrected chi connectivity index (χ2v) is 5.63. The molecule has 0 spiro atoms. The molecule has 0 radical (unpaired) electrons. The smallest absolute Gasteiger partial charge is 0.326 e. The summed E-state index contributed by atoms with van der Waals surface area (Å²) in [6.07, 6.45) is -0.473. The van der Waals surface area contributed by atoms with E-state index in [9.17, 15) is 9.59 Å². The average Bonchev–Trinajstić information content (AvgIpc) is 2.39.